The number of carbonyl (C=O) groups excluding carboxylic acids is 2. The van der Waals surface area contributed by atoms with Crippen LogP contribution in [0.2, 0.25) is 0 Å². The maximum absolute atomic E-state index is 13.2. The van der Waals surface area contributed by atoms with Gasteiger partial charge < -0.3 is 25.2 Å². The second-order valence-electron chi connectivity index (χ2n) is 8.93. The molecule has 0 unspecified atom stereocenters. The average molecular weight is 547 g/mol. The number of anilines is 2. The number of carbonyl (C=O) groups is 2. The Morgan fingerprint density at radius 2 is 1.49 bits per heavy atom. The second-order valence-corrected chi connectivity index (χ2v) is 8.93. The molecule has 0 aliphatic carbocycles. The van der Waals surface area contributed by atoms with Crippen molar-refractivity contribution in [1.82, 2.24) is 0 Å². The summed E-state index contributed by atoms with van der Waals surface area (Å²) < 4.78 is 10.5. The summed E-state index contributed by atoms with van der Waals surface area (Å²) in [5, 5.41) is 26.6. The first-order valence-electron chi connectivity index (χ1n) is 12.6. The highest BCUT2D eigenvalue weighted by Gasteiger charge is 2.19. The van der Waals surface area contributed by atoms with Gasteiger partial charge in [0.1, 0.15) is 17.2 Å². The van der Waals surface area contributed by atoms with Gasteiger partial charge in [-0.15, -0.1) is 5.11 Å². The lowest BCUT2D eigenvalue weighted by Crippen LogP contribution is -2.13. The number of hydrogen-bond donors (Lipinski definition) is 3. The van der Waals surface area contributed by atoms with E-state index < -0.39 is 5.91 Å². The lowest BCUT2D eigenvalue weighted by molar-refractivity contribution is 0.101. The Morgan fingerprint density at radius 1 is 0.732 bits per heavy atom. The lowest BCUT2D eigenvalue weighted by atomic mass is 10.0. The standard InChI is InChI=1S/C32H26N4O5/c1-40-24-10-7-9-23(19-24)33-31(38)20-14-16-22(17-15-20)35-36-29-25-11-4-3-8-21(25)18-26(30(29)37)32(39)34-27-12-5-6-13-28(27)41-2/h3-19,37H,1-2H3,(H,33,38)(H,34,39). The zero-order chi connectivity index (χ0) is 28.8. The fourth-order valence-corrected chi connectivity index (χ4v) is 4.22. The molecule has 5 aromatic carbocycles. The molecule has 2 amide bonds. The highest BCUT2D eigenvalue weighted by molar-refractivity contribution is 6.12. The van der Waals surface area contributed by atoms with Crippen LogP contribution in [-0.2, 0) is 0 Å². The van der Waals surface area contributed by atoms with Crippen molar-refractivity contribution in [3.8, 4) is 17.2 Å². The largest absolute Gasteiger partial charge is 0.505 e. The van der Waals surface area contributed by atoms with Gasteiger partial charge in [0.25, 0.3) is 11.8 Å². The van der Waals surface area contributed by atoms with Gasteiger partial charge in [-0.05, 0) is 60.0 Å². The molecule has 0 saturated heterocycles. The summed E-state index contributed by atoms with van der Waals surface area (Å²) in [6.45, 7) is 0. The van der Waals surface area contributed by atoms with Crippen molar-refractivity contribution in [3.05, 3.63) is 114 Å². The molecule has 5 aromatic rings. The molecular weight excluding hydrogens is 520 g/mol. The number of amides is 2. The third-order valence-corrected chi connectivity index (χ3v) is 6.32. The Bertz CT molecular complexity index is 1770. The number of fused-ring (bicyclic) bond motifs is 1. The van der Waals surface area contributed by atoms with Gasteiger partial charge >= 0.3 is 0 Å². The quantitative estimate of drug-likeness (QED) is 0.174. The number of phenols is 1. The van der Waals surface area contributed by atoms with Gasteiger partial charge in [0.15, 0.2) is 5.75 Å². The normalized spacial score (nSPS) is 10.9. The van der Waals surface area contributed by atoms with E-state index in [2.05, 4.69) is 20.9 Å². The molecular formula is C32H26N4O5. The van der Waals surface area contributed by atoms with Crippen molar-refractivity contribution in [1.29, 1.82) is 0 Å². The van der Waals surface area contributed by atoms with Crippen LogP contribution in [0.25, 0.3) is 10.8 Å². The smallest absolute Gasteiger partial charge is 0.259 e. The van der Waals surface area contributed by atoms with Crippen LogP contribution in [0.3, 0.4) is 0 Å². The van der Waals surface area contributed by atoms with E-state index in [4.69, 9.17) is 9.47 Å². The predicted molar refractivity (Wildman–Crippen MR) is 158 cm³/mol. The number of nitrogens with zero attached hydrogens (tertiary/aromatic N) is 2. The van der Waals surface area contributed by atoms with Gasteiger partial charge in [-0.2, -0.15) is 5.11 Å². The Morgan fingerprint density at radius 3 is 2.27 bits per heavy atom. The minimum absolute atomic E-state index is 0.0353. The molecule has 0 fully saturated rings. The predicted octanol–water partition coefficient (Wildman–Crippen LogP) is 7.48. The molecule has 0 radical (unpaired) electrons. The van der Waals surface area contributed by atoms with Crippen molar-refractivity contribution in [2.24, 2.45) is 10.2 Å². The molecule has 5 rings (SSSR count). The average Bonchev–Trinajstić information content (AvgIpc) is 3.01. The Labute approximate surface area is 236 Å². The molecule has 9 nitrogen and oxygen atoms in total. The first-order valence-corrected chi connectivity index (χ1v) is 12.6. The molecule has 0 heterocycles. The fourth-order valence-electron chi connectivity index (χ4n) is 4.22. The summed E-state index contributed by atoms with van der Waals surface area (Å²) in [4.78, 5) is 25.9. The summed E-state index contributed by atoms with van der Waals surface area (Å²) in [7, 11) is 3.07. The van der Waals surface area contributed by atoms with Crippen LogP contribution in [0, 0.1) is 0 Å². The van der Waals surface area contributed by atoms with Crippen LogP contribution in [0.4, 0.5) is 22.7 Å². The van der Waals surface area contributed by atoms with Crippen LogP contribution < -0.4 is 20.1 Å². The Balaban J connectivity index is 1.40. The summed E-state index contributed by atoms with van der Waals surface area (Å²) in [6.07, 6.45) is 0. The van der Waals surface area contributed by atoms with Crippen molar-refractivity contribution < 1.29 is 24.2 Å². The first-order chi connectivity index (χ1) is 20.0. The van der Waals surface area contributed by atoms with Crippen molar-refractivity contribution >= 4 is 45.3 Å². The van der Waals surface area contributed by atoms with Crippen LogP contribution in [-0.4, -0.2) is 31.1 Å². The van der Waals surface area contributed by atoms with E-state index in [9.17, 15) is 14.7 Å². The second kappa shape index (κ2) is 12.0. The Kier molecular flexibility index (Phi) is 7.87. The van der Waals surface area contributed by atoms with E-state index in [0.29, 0.717) is 44.9 Å². The third-order valence-electron chi connectivity index (χ3n) is 6.32. The van der Waals surface area contributed by atoms with E-state index in [1.165, 1.54) is 7.11 Å². The van der Waals surface area contributed by atoms with E-state index in [1.54, 1.807) is 92.0 Å². The fraction of sp³-hybridized carbons (Fsp3) is 0.0625. The Hall–Kier alpha value is -5.70. The molecule has 0 aliphatic rings. The molecule has 9 heteroatoms. The number of hydrogen-bond acceptors (Lipinski definition) is 7. The monoisotopic (exact) mass is 546 g/mol. The van der Waals surface area contributed by atoms with E-state index in [0.717, 1.165) is 0 Å². The molecule has 41 heavy (non-hydrogen) atoms. The molecule has 0 aliphatic heterocycles. The number of ether oxygens (including phenoxy) is 2. The summed E-state index contributed by atoms with van der Waals surface area (Å²) >= 11 is 0. The van der Waals surface area contributed by atoms with Gasteiger partial charge in [0.2, 0.25) is 0 Å². The van der Waals surface area contributed by atoms with Gasteiger partial charge in [-0.1, -0.05) is 42.5 Å². The van der Waals surface area contributed by atoms with Gasteiger partial charge in [-0.3, -0.25) is 9.59 Å². The minimum Gasteiger partial charge on any atom is -0.505 e. The highest BCUT2D eigenvalue weighted by atomic mass is 16.5. The van der Waals surface area contributed by atoms with Crippen LogP contribution in [0.1, 0.15) is 20.7 Å². The van der Waals surface area contributed by atoms with Crippen molar-refractivity contribution in [3.63, 3.8) is 0 Å². The number of aromatic hydroxyl groups is 1. The topological polar surface area (TPSA) is 122 Å². The van der Waals surface area contributed by atoms with Gasteiger partial charge in [0.05, 0.1) is 31.2 Å². The SMILES string of the molecule is COc1cccc(NC(=O)c2ccc(N=Nc3c(O)c(C(=O)Nc4ccccc4OC)cc4ccccc34)cc2)c1. The number of phenolic OH excluding ortho intramolecular Hbond substituents is 1. The summed E-state index contributed by atoms with van der Waals surface area (Å²) in [5.41, 5.74) is 2.13. The van der Waals surface area contributed by atoms with Crippen molar-refractivity contribution in [2.45, 2.75) is 0 Å². The van der Waals surface area contributed by atoms with Crippen LogP contribution >= 0.6 is 0 Å². The zero-order valence-electron chi connectivity index (χ0n) is 22.3. The zero-order valence-corrected chi connectivity index (χ0v) is 22.3. The van der Waals surface area contributed by atoms with Crippen molar-refractivity contribution in [2.75, 3.05) is 24.9 Å². The number of rotatable bonds is 8. The van der Waals surface area contributed by atoms with Gasteiger partial charge in [0, 0.05) is 22.7 Å². The number of para-hydroxylation sites is 2. The molecule has 0 aromatic heterocycles. The van der Waals surface area contributed by atoms with E-state index >= 15 is 0 Å². The number of nitrogens with one attached hydrogen (secondary N) is 2. The van der Waals surface area contributed by atoms with Gasteiger partial charge in [-0.25, -0.2) is 0 Å². The third kappa shape index (κ3) is 5.99. The number of benzene rings is 5. The highest BCUT2D eigenvalue weighted by Crippen LogP contribution is 2.40. The summed E-state index contributed by atoms with van der Waals surface area (Å²) in [6, 6.07) is 29.4. The maximum atomic E-state index is 13.2. The molecule has 0 bridgehead atoms. The molecule has 3 N–H and O–H groups in total. The van der Waals surface area contributed by atoms with E-state index in [-0.39, 0.29) is 22.9 Å². The van der Waals surface area contributed by atoms with Crippen LogP contribution in [0.15, 0.2) is 113 Å². The minimum atomic E-state index is -0.527. The lowest BCUT2D eigenvalue weighted by Gasteiger charge is -2.13. The molecule has 0 atom stereocenters. The maximum Gasteiger partial charge on any atom is 0.259 e. The summed E-state index contributed by atoms with van der Waals surface area (Å²) in [5.74, 6) is -0.00813. The molecule has 0 spiro atoms. The number of methoxy groups -OCH3 is 2. The first kappa shape index (κ1) is 26.9. The number of azo groups is 1. The molecule has 204 valence electrons. The van der Waals surface area contributed by atoms with E-state index in [1.807, 2.05) is 18.2 Å². The molecule has 0 saturated carbocycles. The van der Waals surface area contributed by atoms with Crippen LogP contribution in [0.5, 0.6) is 17.2 Å².